The van der Waals surface area contributed by atoms with Gasteiger partial charge in [0.25, 0.3) is 0 Å². The molecular formula is C16H18N2O4S. The van der Waals surface area contributed by atoms with Gasteiger partial charge in [0.15, 0.2) is 4.88 Å². The van der Waals surface area contributed by atoms with Crippen LogP contribution in [0.25, 0.3) is 11.3 Å². The van der Waals surface area contributed by atoms with Crippen molar-refractivity contribution in [1.82, 2.24) is 4.37 Å². The Morgan fingerprint density at radius 2 is 1.91 bits per heavy atom. The lowest BCUT2D eigenvalue weighted by Gasteiger charge is -2.20. The summed E-state index contributed by atoms with van der Waals surface area (Å²) in [5.74, 6) is -1.15. The lowest BCUT2D eigenvalue weighted by Crippen LogP contribution is -2.27. The molecule has 0 radical (unpaired) electrons. The molecule has 7 heteroatoms. The number of carboxylic acid groups (broad SMARTS) is 1. The van der Waals surface area contributed by atoms with E-state index >= 15 is 0 Å². The van der Waals surface area contributed by atoms with Crippen molar-refractivity contribution < 1.29 is 19.4 Å². The molecule has 1 aromatic carbocycles. The quantitative estimate of drug-likeness (QED) is 0.879. The maximum absolute atomic E-state index is 12.0. The van der Waals surface area contributed by atoms with E-state index in [1.54, 1.807) is 20.8 Å². The number of ether oxygens (including phenoxy) is 1. The van der Waals surface area contributed by atoms with Crippen molar-refractivity contribution in [2.45, 2.75) is 33.3 Å². The highest BCUT2D eigenvalue weighted by Crippen LogP contribution is 2.35. The lowest BCUT2D eigenvalue weighted by molar-refractivity contribution is 0.0636. The maximum Gasteiger partial charge on any atom is 0.412 e. The molecule has 0 unspecified atom stereocenters. The number of carbonyl (C=O) groups excluding carboxylic acids is 1. The molecule has 1 amide bonds. The van der Waals surface area contributed by atoms with Crippen LogP contribution < -0.4 is 5.32 Å². The molecule has 0 bridgehead atoms. The van der Waals surface area contributed by atoms with Crippen molar-refractivity contribution >= 4 is 29.3 Å². The number of hydrogen-bond acceptors (Lipinski definition) is 5. The normalized spacial score (nSPS) is 11.1. The van der Waals surface area contributed by atoms with Gasteiger partial charge in [-0.1, -0.05) is 24.3 Å². The van der Waals surface area contributed by atoms with Gasteiger partial charge in [-0.2, -0.15) is 4.37 Å². The Morgan fingerprint density at radius 1 is 1.26 bits per heavy atom. The molecule has 0 aliphatic heterocycles. The summed E-state index contributed by atoms with van der Waals surface area (Å²) in [6.45, 7) is 7.10. The second-order valence-electron chi connectivity index (χ2n) is 5.98. The van der Waals surface area contributed by atoms with E-state index in [4.69, 9.17) is 4.74 Å². The molecule has 0 saturated carbocycles. The van der Waals surface area contributed by atoms with E-state index in [0.29, 0.717) is 5.69 Å². The SMILES string of the molecule is Cc1ccccc1-c1nsc(C(=O)O)c1NC(=O)OC(C)(C)C. The number of aromatic nitrogens is 1. The first-order valence-corrected chi connectivity index (χ1v) is 7.75. The standard InChI is InChI=1S/C16H18N2O4S/c1-9-7-5-6-8-10(9)11-12(13(14(19)20)23-18-11)17-15(21)22-16(2,3)4/h5-8H,1-4H3,(H,17,21)(H,19,20). The highest BCUT2D eigenvalue weighted by Gasteiger charge is 2.25. The smallest absolute Gasteiger partial charge is 0.412 e. The fourth-order valence-corrected chi connectivity index (χ4v) is 2.67. The Balaban J connectivity index is 2.44. The first kappa shape index (κ1) is 17.0. The zero-order valence-corrected chi connectivity index (χ0v) is 14.2. The highest BCUT2D eigenvalue weighted by molar-refractivity contribution is 7.09. The van der Waals surface area contributed by atoms with Gasteiger partial charge in [-0.05, 0) is 44.8 Å². The summed E-state index contributed by atoms with van der Waals surface area (Å²) in [4.78, 5) is 23.4. The van der Waals surface area contributed by atoms with Gasteiger partial charge in [-0.25, -0.2) is 9.59 Å². The number of anilines is 1. The average molecular weight is 334 g/mol. The third-order valence-corrected chi connectivity index (χ3v) is 3.75. The summed E-state index contributed by atoms with van der Waals surface area (Å²) in [6.07, 6.45) is -0.713. The highest BCUT2D eigenvalue weighted by atomic mass is 32.1. The monoisotopic (exact) mass is 334 g/mol. The van der Waals surface area contributed by atoms with E-state index in [9.17, 15) is 14.7 Å². The van der Waals surface area contributed by atoms with Gasteiger partial charge in [0, 0.05) is 5.56 Å². The Morgan fingerprint density at radius 3 is 2.48 bits per heavy atom. The van der Waals surface area contributed by atoms with Crippen molar-refractivity contribution in [2.75, 3.05) is 5.32 Å². The number of hydrogen-bond donors (Lipinski definition) is 2. The summed E-state index contributed by atoms with van der Waals surface area (Å²) >= 11 is 0.828. The van der Waals surface area contributed by atoms with E-state index in [0.717, 1.165) is 22.7 Å². The molecule has 6 nitrogen and oxygen atoms in total. The number of carboxylic acids is 1. The number of benzene rings is 1. The summed E-state index contributed by atoms with van der Waals surface area (Å²) in [5, 5.41) is 11.8. The Kier molecular flexibility index (Phi) is 4.70. The van der Waals surface area contributed by atoms with Crippen LogP contribution in [-0.2, 0) is 4.74 Å². The summed E-state index contributed by atoms with van der Waals surface area (Å²) in [7, 11) is 0. The van der Waals surface area contributed by atoms with Crippen molar-refractivity contribution in [3.8, 4) is 11.3 Å². The van der Waals surface area contributed by atoms with Crippen LogP contribution in [0.5, 0.6) is 0 Å². The van der Waals surface area contributed by atoms with Crippen LogP contribution >= 0.6 is 11.5 Å². The topological polar surface area (TPSA) is 88.5 Å². The summed E-state index contributed by atoms with van der Waals surface area (Å²) in [6, 6.07) is 7.44. The number of aryl methyl sites for hydroxylation is 1. The predicted molar refractivity (Wildman–Crippen MR) is 89.1 cm³/mol. The first-order valence-electron chi connectivity index (χ1n) is 6.98. The van der Waals surface area contributed by atoms with Crippen LogP contribution in [0.3, 0.4) is 0 Å². The Labute approximate surface area is 138 Å². The van der Waals surface area contributed by atoms with Crippen LogP contribution in [0.1, 0.15) is 36.0 Å². The van der Waals surface area contributed by atoms with Gasteiger partial charge < -0.3 is 9.84 Å². The minimum Gasteiger partial charge on any atom is -0.477 e. The van der Waals surface area contributed by atoms with Gasteiger partial charge in [0.1, 0.15) is 11.3 Å². The zero-order chi connectivity index (χ0) is 17.2. The minimum atomic E-state index is -1.15. The molecule has 0 atom stereocenters. The number of amides is 1. The number of nitrogens with one attached hydrogen (secondary N) is 1. The molecule has 23 heavy (non-hydrogen) atoms. The first-order chi connectivity index (χ1) is 10.7. The molecule has 0 aliphatic rings. The molecule has 2 rings (SSSR count). The fourth-order valence-electron chi connectivity index (χ4n) is 1.98. The van der Waals surface area contributed by atoms with E-state index in [-0.39, 0.29) is 10.6 Å². The molecular weight excluding hydrogens is 316 g/mol. The zero-order valence-electron chi connectivity index (χ0n) is 13.3. The fraction of sp³-hybridized carbons (Fsp3) is 0.312. The van der Waals surface area contributed by atoms with Crippen molar-refractivity contribution in [3.63, 3.8) is 0 Å². The molecule has 0 saturated heterocycles. The number of aromatic carboxylic acids is 1. The minimum absolute atomic E-state index is 0.0332. The van der Waals surface area contributed by atoms with E-state index in [1.807, 2.05) is 31.2 Å². The second-order valence-corrected chi connectivity index (χ2v) is 6.76. The van der Waals surface area contributed by atoms with E-state index in [2.05, 4.69) is 9.69 Å². The number of carbonyl (C=O) groups is 2. The lowest BCUT2D eigenvalue weighted by atomic mass is 10.0. The molecule has 122 valence electrons. The summed E-state index contributed by atoms with van der Waals surface area (Å²) in [5.41, 5.74) is 1.60. The molecule has 0 aliphatic carbocycles. The number of nitrogens with zero attached hydrogens (tertiary/aromatic N) is 1. The molecule has 2 N–H and O–H groups in total. The van der Waals surface area contributed by atoms with Crippen molar-refractivity contribution in [2.24, 2.45) is 0 Å². The van der Waals surface area contributed by atoms with Crippen LogP contribution in [0.4, 0.5) is 10.5 Å². The molecule has 2 aromatic rings. The molecule has 0 fully saturated rings. The molecule has 1 heterocycles. The van der Waals surface area contributed by atoms with Crippen LogP contribution in [0.2, 0.25) is 0 Å². The van der Waals surface area contributed by atoms with Crippen molar-refractivity contribution in [3.05, 3.63) is 34.7 Å². The number of rotatable bonds is 3. The van der Waals surface area contributed by atoms with Gasteiger partial charge in [0.05, 0.1) is 5.69 Å². The van der Waals surface area contributed by atoms with Gasteiger partial charge in [-0.3, -0.25) is 5.32 Å². The third-order valence-electron chi connectivity index (χ3n) is 2.91. The van der Waals surface area contributed by atoms with Crippen LogP contribution in [0.15, 0.2) is 24.3 Å². The van der Waals surface area contributed by atoms with Crippen LogP contribution in [0, 0.1) is 6.92 Å². The van der Waals surface area contributed by atoms with Gasteiger partial charge >= 0.3 is 12.1 Å². The van der Waals surface area contributed by atoms with Crippen LogP contribution in [-0.4, -0.2) is 27.1 Å². The predicted octanol–water partition coefficient (Wildman–Crippen LogP) is 4.16. The Hall–Kier alpha value is -2.41. The van der Waals surface area contributed by atoms with E-state index in [1.165, 1.54) is 0 Å². The second kappa shape index (κ2) is 6.37. The van der Waals surface area contributed by atoms with Gasteiger partial charge in [-0.15, -0.1) is 0 Å². The van der Waals surface area contributed by atoms with E-state index < -0.39 is 17.7 Å². The largest absolute Gasteiger partial charge is 0.477 e. The summed E-state index contributed by atoms with van der Waals surface area (Å²) < 4.78 is 9.41. The van der Waals surface area contributed by atoms with Gasteiger partial charge in [0.2, 0.25) is 0 Å². The third kappa shape index (κ3) is 4.07. The maximum atomic E-state index is 12.0. The van der Waals surface area contributed by atoms with Crippen molar-refractivity contribution in [1.29, 1.82) is 0 Å². The molecule has 0 spiro atoms. The Bertz CT molecular complexity index is 747. The molecule has 1 aromatic heterocycles. The average Bonchev–Trinajstić information content (AvgIpc) is 2.80.